The summed E-state index contributed by atoms with van der Waals surface area (Å²) in [7, 11) is -0.211. The molecule has 1 saturated heterocycles. The number of hydrogen-bond donors (Lipinski definition) is 0. The number of rotatable bonds is 2. The van der Waals surface area contributed by atoms with E-state index in [-0.39, 0.29) is 23.9 Å². The molecule has 20 heavy (non-hydrogen) atoms. The van der Waals surface area contributed by atoms with Crippen molar-refractivity contribution in [3.05, 3.63) is 11.5 Å². The highest BCUT2D eigenvalue weighted by Crippen LogP contribution is 2.39. The molecule has 0 unspecified atom stereocenters. The standard InChI is InChI=1S/C15H28BNO3/c1-13(2,3)20-17-10-8-12(9-11-17)16-18-14(4,5)15(6,7)19-16/h8H,9-11H2,1-7H3. The highest BCUT2D eigenvalue weighted by molar-refractivity contribution is 6.54. The third-order valence-corrected chi connectivity index (χ3v) is 4.17. The Morgan fingerprint density at radius 1 is 1.15 bits per heavy atom. The van der Waals surface area contributed by atoms with E-state index in [2.05, 4.69) is 54.5 Å². The van der Waals surface area contributed by atoms with Gasteiger partial charge in [0.25, 0.3) is 0 Å². The molecule has 2 aliphatic rings. The fourth-order valence-corrected chi connectivity index (χ4v) is 2.34. The summed E-state index contributed by atoms with van der Waals surface area (Å²) in [5.74, 6) is 0. The molecule has 0 bridgehead atoms. The molecule has 0 atom stereocenters. The number of hydrogen-bond acceptors (Lipinski definition) is 4. The van der Waals surface area contributed by atoms with Gasteiger partial charge in [0, 0.05) is 13.1 Å². The molecule has 0 N–H and O–H groups in total. The van der Waals surface area contributed by atoms with E-state index in [1.54, 1.807) is 0 Å². The molecule has 114 valence electrons. The first-order valence-electron chi connectivity index (χ1n) is 7.49. The fourth-order valence-electron chi connectivity index (χ4n) is 2.34. The molecule has 2 heterocycles. The fraction of sp³-hybridized carbons (Fsp3) is 0.867. The van der Waals surface area contributed by atoms with Gasteiger partial charge in [0.1, 0.15) is 0 Å². The van der Waals surface area contributed by atoms with E-state index >= 15 is 0 Å². The van der Waals surface area contributed by atoms with Crippen molar-refractivity contribution in [1.82, 2.24) is 5.06 Å². The third kappa shape index (κ3) is 3.45. The molecular weight excluding hydrogens is 253 g/mol. The van der Waals surface area contributed by atoms with Crippen molar-refractivity contribution in [2.75, 3.05) is 13.1 Å². The maximum absolute atomic E-state index is 6.09. The summed E-state index contributed by atoms with van der Waals surface area (Å²) in [5.41, 5.74) is 0.558. The van der Waals surface area contributed by atoms with Crippen LogP contribution in [0.5, 0.6) is 0 Å². The van der Waals surface area contributed by atoms with E-state index in [9.17, 15) is 0 Å². The second kappa shape index (κ2) is 5.13. The predicted octanol–water partition coefficient (Wildman–Crippen LogP) is 2.98. The van der Waals surface area contributed by atoms with Gasteiger partial charge in [-0.15, -0.1) is 0 Å². The molecule has 2 rings (SSSR count). The summed E-state index contributed by atoms with van der Waals surface area (Å²) in [4.78, 5) is 5.88. The first-order valence-corrected chi connectivity index (χ1v) is 7.49. The summed E-state index contributed by atoms with van der Waals surface area (Å²) in [6, 6.07) is 0. The van der Waals surface area contributed by atoms with E-state index in [1.165, 1.54) is 5.47 Å². The van der Waals surface area contributed by atoms with Crippen LogP contribution < -0.4 is 0 Å². The van der Waals surface area contributed by atoms with Gasteiger partial charge in [-0.2, -0.15) is 5.06 Å². The van der Waals surface area contributed by atoms with Crippen LogP contribution in [0.1, 0.15) is 54.9 Å². The van der Waals surface area contributed by atoms with E-state index in [0.717, 1.165) is 19.5 Å². The quantitative estimate of drug-likeness (QED) is 0.728. The van der Waals surface area contributed by atoms with Crippen LogP contribution in [0.2, 0.25) is 0 Å². The molecule has 0 spiro atoms. The maximum atomic E-state index is 6.09. The third-order valence-electron chi connectivity index (χ3n) is 4.17. The molecule has 0 aromatic rings. The van der Waals surface area contributed by atoms with Crippen LogP contribution >= 0.6 is 0 Å². The van der Waals surface area contributed by atoms with E-state index < -0.39 is 0 Å². The molecule has 4 nitrogen and oxygen atoms in total. The minimum absolute atomic E-state index is 0.143. The van der Waals surface area contributed by atoms with Crippen molar-refractivity contribution < 1.29 is 14.1 Å². The minimum Gasteiger partial charge on any atom is -0.400 e. The molecule has 0 amide bonds. The van der Waals surface area contributed by atoms with E-state index in [4.69, 9.17) is 14.1 Å². The molecule has 1 fully saturated rings. The van der Waals surface area contributed by atoms with Gasteiger partial charge in [-0.3, -0.25) is 4.84 Å². The summed E-state index contributed by atoms with van der Waals surface area (Å²) in [5, 5.41) is 2.01. The van der Waals surface area contributed by atoms with Crippen LogP contribution in [0.3, 0.4) is 0 Å². The highest BCUT2D eigenvalue weighted by atomic mass is 16.7. The van der Waals surface area contributed by atoms with Gasteiger partial charge in [-0.05, 0) is 60.4 Å². The first kappa shape index (κ1) is 16.0. The summed E-state index contributed by atoms with van der Waals surface area (Å²) in [6.45, 7) is 16.2. The second-order valence-electron chi connectivity index (χ2n) is 7.71. The van der Waals surface area contributed by atoms with Crippen LogP contribution in [0, 0.1) is 0 Å². The summed E-state index contributed by atoms with van der Waals surface area (Å²) >= 11 is 0. The molecule has 0 aromatic heterocycles. The molecule has 2 aliphatic heterocycles. The average Bonchev–Trinajstić information content (AvgIpc) is 2.47. The Balaban J connectivity index is 1.97. The van der Waals surface area contributed by atoms with E-state index in [0.29, 0.717) is 0 Å². The lowest BCUT2D eigenvalue weighted by molar-refractivity contribution is -0.224. The SMILES string of the molecule is CC(C)(C)ON1CC=C(B2OC(C)(C)C(C)(C)O2)CC1. The van der Waals surface area contributed by atoms with Gasteiger partial charge >= 0.3 is 7.12 Å². The Kier molecular flexibility index (Phi) is 4.11. The second-order valence-corrected chi connectivity index (χ2v) is 7.71. The van der Waals surface area contributed by atoms with Crippen LogP contribution in [-0.4, -0.2) is 42.1 Å². The molecule has 0 saturated carbocycles. The van der Waals surface area contributed by atoms with Crippen LogP contribution in [0.15, 0.2) is 11.5 Å². The number of nitrogens with zero attached hydrogens (tertiary/aromatic N) is 1. The Labute approximate surface area is 123 Å². The van der Waals surface area contributed by atoms with Gasteiger partial charge in [-0.25, -0.2) is 0 Å². The highest BCUT2D eigenvalue weighted by Gasteiger charge is 2.52. The lowest BCUT2D eigenvalue weighted by Gasteiger charge is -2.32. The van der Waals surface area contributed by atoms with Crippen molar-refractivity contribution in [3.63, 3.8) is 0 Å². The van der Waals surface area contributed by atoms with Crippen molar-refractivity contribution in [2.45, 2.75) is 71.7 Å². The molecule has 0 aromatic carbocycles. The van der Waals surface area contributed by atoms with Gasteiger partial charge in [0.2, 0.25) is 0 Å². The van der Waals surface area contributed by atoms with Crippen molar-refractivity contribution in [1.29, 1.82) is 0 Å². The summed E-state index contributed by atoms with van der Waals surface area (Å²) in [6.07, 6.45) is 3.10. The average molecular weight is 281 g/mol. The molecule has 0 aliphatic carbocycles. The Hall–Kier alpha value is -0.355. The zero-order valence-electron chi connectivity index (χ0n) is 13.9. The first-order chi connectivity index (χ1) is 9.00. The normalized spacial score (nSPS) is 26.8. The topological polar surface area (TPSA) is 30.9 Å². The predicted molar refractivity (Wildman–Crippen MR) is 81.2 cm³/mol. The van der Waals surface area contributed by atoms with Crippen LogP contribution in [0.25, 0.3) is 0 Å². The van der Waals surface area contributed by atoms with Gasteiger partial charge in [0.15, 0.2) is 0 Å². The monoisotopic (exact) mass is 281 g/mol. The smallest absolute Gasteiger partial charge is 0.400 e. The van der Waals surface area contributed by atoms with Gasteiger partial charge < -0.3 is 9.31 Å². The Morgan fingerprint density at radius 2 is 1.70 bits per heavy atom. The van der Waals surface area contributed by atoms with Crippen molar-refractivity contribution in [2.24, 2.45) is 0 Å². The zero-order chi connectivity index (χ0) is 15.2. The van der Waals surface area contributed by atoms with Gasteiger partial charge in [0.05, 0.1) is 16.8 Å². The Morgan fingerprint density at radius 3 is 2.10 bits per heavy atom. The number of hydroxylamine groups is 2. The van der Waals surface area contributed by atoms with Crippen LogP contribution in [-0.2, 0) is 14.1 Å². The van der Waals surface area contributed by atoms with E-state index in [1.807, 2.05) is 5.06 Å². The Bertz CT molecular complexity index is 382. The van der Waals surface area contributed by atoms with Gasteiger partial charge in [-0.1, -0.05) is 6.08 Å². The minimum atomic E-state index is -0.266. The largest absolute Gasteiger partial charge is 0.490 e. The van der Waals surface area contributed by atoms with Crippen LogP contribution in [0.4, 0.5) is 0 Å². The summed E-state index contributed by atoms with van der Waals surface area (Å²) < 4.78 is 12.2. The van der Waals surface area contributed by atoms with Crippen molar-refractivity contribution >= 4 is 7.12 Å². The maximum Gasteiger partial charge on any atom is 0.490 e. The molecule has 0 radical (unpaired) electrons. The molecule has 5 heteroatoms. The zero-order valence-corrected chi connectivity index (χ0v) is 13.9. The lowest BCUT2D eigenvalue weighted by atomic mass is 9.75. The molecular formula is C15H28BNO3. The van der Waals surface area contributed by atoms with Crippen molar-refractivity contribution in [3.8, 4) is 0 Å². The lowest BCUT2D eigenvalue weighted by Crippen LogP contribution is -2.41.